The van der Waals surface area contributed by atoms with Crippen LogP contribution in [0.25, 0.3) is 0 Å². The zero-order valence-corrected chi connectivity index (χ0v) is 11.1. The van der Waals surface area contributed by atoms with E-state index in [1.807, 2.05) is 12.1 Å². The molecule has 1 unspecified atom stereocenters. The first kappa shape index (κ1) is 11.3. The Morgan fingerprint density at radius 3 is 3.24 bits per heavy atom. The van der Waals surface area contributed by atoms with Crippen LogP contribution < -0.4 is 5.32 Å². The molecule has 1 aliphatic carbocycles. The second-order valence-corrected chi connectivity index (χ2v) is 6.19. The van der Waals surface area contributed by atoms with Gasteiger partial charge in [-0.3, -0.25) is 0 Å². The maximum atomic E-state index is 6.05. The van der Waals surface area contributed by atoms with Crippen molar-refractivity contribution in [3.63, 3.8) is 0 Å². The van der Waals surface area contributed by atoms with E-state index in [9.17, 15) is 0 Å². The zero-order valence-electron chi connectivity index (χ0n) is 9.57. The van der Waals surface area contributed by atoms with Gasteiger partial charge < -0.3 is 9.73 Å². The van der Waals surface area contributed by atoms with Crippen LogP contribution in [0.3, 0.4) is 0 Å². The number of hydrogen-bond acceptors (Lipinski definition) is 3. The molecule has 17 heavy (non-hydrogen) atoms. The van der Waals surface area contributed by atoms with E-state index in [-0.39, 0.29) is 6.04 Å². The maximum Gasteiger partial charge on any atom is 0.120 e. The molecule has 2 aromatic rings. The number of hydrogen-bond donors (Lipinski definition) is 1. The summed E-state index contributed by atoms with van der Waals surface area (Å²) in [7, 11) is 0. The molecule has 0 spiro atoms. The summed E-state index contributed by atoms with van der Waals surface area (Å²) in [5, 5.41) is 3.61. The lowest BCUT2D eigenvalue weighted by Gasteiger charge is -2.18. The van der Waals surface area contributed by atoms with E-state index in [1.54, 1.807) is 17.6 Å². The number of fused-ring (bicyclic) bond motifs is 1. The number of aryl methyl sites for hydroxylation is 1. The summed E-state index contributed by atoms with van der Waals surface area (Å²) in [5.74, 6) is 0.986. The van der Waals surface area contributed by atoms with Crippen molar-refractivity contribution < 1.29 is 4.42 Å². The Hall–Kier alpha value is -0.770. The van der Waals surface area contributed by atoms with Crippen molar-refractivity contribution in [1.29, 1.82) is 0 Å². The van der Waals surface area contributed by atoms with Gasteiger partial charge in [-0.2, -0.15) is 0 Å². The predicted octanol–water partition coefficient (Wildman–Crippen LogP) is 4.33. The molecule has 0 radical (unpaired) electrons. The first-order chi connectivity index (χ1) is 8.24. The highest BCUT2D eigenvalue weighted by Crippen LogP contribution is 2.40. The van der Waals surface area contributed by atoms with Gasteiger partial charge in [-0.25, -0.2) is 0 Å². The van der Waals surface area contributed by atoms with Crippen molar-refractivity contribution in [3.05, 3.63) is 45.0 Å². The first-order valence-electron chi connectivity index (χ1n) is 5.81. The highest BCUT2D eigenvalue weighted by atomic mass is 35.5. The third kappa shape index (κ3) is 2.15. The lowest BCUT2D eigenvalue weighted by atomic mass is 10.1. The Balaban J connectivity index is 1.75. The van der Waals surface area contributed by atoms with E-state index in [1.165, 1.54) is 10.4 Å². The molecule has 2 nitrogen and oxygen atoms in total. The quantitative estimate of drug-likeness (QED) is 0.895. The van der Waals surface area contributed by atoms with Gasteiger partial charge >= 0.3 is 0 Å². The van der Waals surface area contributed by atoms with E-state index in [0.29, 0.717) is 6.04 Å². The topological polar surface area (TPSA) is 25.2 Å². The monoisotopic (exact) mass is 267 g/mol. The summed E-state index contributed by atoms with van der Waals surface area (Å²) in [5.41, 5.74) is 1.37. The fourth-order valence-electron chi connectivity index (χ4n) is 2.42. The molecule has 0 bridgehead atoms. The molecule has 2 aromatic heterocycles. The highest BCUT2D eigenvalue weighted by molar-refractivity contribution is 7.16. The molecule has 1 N–H and O–H groups in total. The fourth-order valence-corrected chi connectivity index (χ4v) is 3.78. The summed E-state index contributed by atoms with van der Waals surface area (Å²) < 4.78 is 6.31. The summed E-state index contributed by atoms with van der Waals surface area (Å²) in [6, 6.07) is 6.68. The smallest absolute Gasteiger partial charge is 0.120 e. The van der Waals surface area contributed by atoms with Gasteiger partial charge in [-0.1, -0.05) is 11.6 Å². The van der Waals surface area contributed by atoms with Crippen molar-refractivity contribution in [2.75, 3.05) is 0 Å². The largest absolute Gasteiger partial charge is 0.468 e. The van der Waals surface area contributed by atoms with Crippen molar-refractivity contribution in [2.24, 2.45) is 0 Å². The third-order valence-electron chi connectivity index (χ3n) is 3.27. The average molecular weight is 268 g/mol. The Labute approximate surface area is 110 Å². The molecule has 2 heterocycles. The normalized spacial score (nSPS) is 20.5. The van der Waals surface area contributed by atoms with Crippen LogP contribution in [0.2, 0.25) is 4.34 Å². The Bertz CT molecular complexity index is 505. The van der Waals surface area contributed by atoms with Gasteiger partial charge in [-0.15, -0.1) is 11.3 Å². The summed E-state index contributed by atoms with van der Waals surface area (Å²) in [4.78, 5) is 1.43. The van der Waals surface area contributed by atoms with Crippen LogP contribution in [-0.4, -0.2) is 0 Å². The number of rotatable bonds is 3. The van der Waals surface area contributed by atoms with E-state index in [4.69, 9.17) is 16.0 Å². The Morgan fingerprint density at radius 1 is 1.59 bits per heavy atom. The second-order valence-electron chi connectivity index (χ2n) is 4.42. The van der Waals surface area contributed by atoms with Crippen LogP contribution >= 0.6 is 22.9 Å². The van der Waals surface area contributed by atoms with E-state index >= 15 is 0 Å². The number of nitrogens with one attached hydrogen (secondary N) is 1. The van der Waals surface area contributed by atoms with E-state index in [0.717, 1.165) is 22.9 Å². The molecular formula is C13H14ClNOS. The van der Waals surface area contributed by atoms with Gasteiger partial charge in [0.15, 0.2) is 0 Å². The molecule has 2 atom stereocenters. The van der Waals surface area contributed by atoms with Gasteiger partial charge in [-0.05, 0) is 43.5 Å². The van der Waals surface area contributed by atoms with E-state index < -0.39 is 0 Å². The predicted molar refractivity (Wildman–Crippen MR) is 70.6 cm³/mol. The minimum Gasteiger partial charge on any atom is -0.468 e. The molecular weight excluding hydrogens is 254 g/mol. The lowest BCUT2D eigenvalue weighted by Crippen LogP contribution is -2.22. The molecule has 0 saturated carbocycles. The van der Waals surface area contributed by atoms with Crippen molar-refractivity contribution in [3.8, 4) is 0 Å². The SMILES string of the molecule is C[C@@H](NC1CCc2sc(Cl)cc21)c1ccco1. The third-order valence-corrected chi connectivity index (χ3v) is 4.61. The summed E-state index contributed by atoms with van der Waals surface area (Å²) >= 11 is 7.76. The first-order valence-corrected chi connectivity index (χ1v) is 7.01. The van der Waals surface area contributed by atoms with Gasteiger partial charge in [0.25, 0.3) is 0 Å². The lowest BCUT2D eigenvalue weighted by molar-refractivity contribution is 0.391. The van der Waals surface area contributed by atoms with Gasteiger partial charge in [0.1, 0.15) is 5.76 Å². The molecule has 90 valence electrons. The number of furan rings is 1. The van der Waals surface area contributed by atoms with E-state index in [2.05, 4.69) is 18.3 Å². The molecule has 0 fully saturated rings. The van der Waals surface area contributed by atoms with Crippen molar-refractivity contribution >= 4 is 22.9 Å². The molecule has 4 heteroatoms. The zero-order chi connectivity index (χ0) is 11.8. The van der Waals surface area contributed by atoms with Gasteiger partial charge in [0.2, 0.25) is 0 Å². The Morgan fingerprint density at radius 2 is 2.47 bits per heavy atom. The number of halogens is 1. The van der Waals surface area contributed by atoms with Crippen LogP contribution in [-0.2, 0) is 6.42 Å². The van der Waals surface area contributed by atoms with Crippen LogP contribution in [0.5, 0.6) is 0 Å². The van der Waals surface area contributed by atoms with Gasteiger partial charge in [0, 0.05) is 10.9 Å². The minimum absolute atomic E-state index is 0.236. The molecule has 1 aliphatic rings. The van der Waals surface area contributed by atoms with Crippen LogP contribution in [0.1, 0.15) is 41.6 Å². The number of thiophene rings is 1. The average Bonchev–Trinajstić information content (AvgIpc) is 2.96. The Kier molecular flexibility index (Phi) is 2.99. The van der Waals surface area contributed by atoms with Gasteiger partial charge in [0.05, 0.1) is 16.6 Å². The molecule has 3 rings (SSSR count). The molecule has 0 saturated heterocycles. The maximum absolute atomic E-state index is 6.05. The molecule has 0 aliphatic heterocycles. The standard InChI is InChI=1S/C13H14ClNOS/c1-8(11-3-2-6-16-11)15-10-4-5-12-9(10)7-13(14)17-12/h2-3,6-8,10,15H,4-5H2,1H3/t8-,10?/m1/s1. The second kappa shape index (κ2) is 4.48. The fraction of sp³-hybridized carbons (Fsp3) is 0.385. The summed E-state index contributed by atoms with van der Waals surface area (Å²) in [6.07, 6.45) is 4.01. The molecule has 0 aromatic carbocycles. The minimum atomic E-state index is 0.236. The van der Waals surface area contributed by atoms with Crippen LogP contribution in [0.4, 0.5) is 0 Å². The van der Waals surface area contributed by atoms with Crippen LogP contribution in [0.15, 0.2) is 28.9 Å². The van der Waals surface area contributed by atoms with Crippen molar-refractivity contribution in [1.82, 2.24) is 5.32 Å². The molecule has 0 amide bonds. The van der Waals surface area contributed by atoms with Crippen LogP contribution in [0, 0.1) is 0 Å². The summed E-state index contributed by atoms with van der Waals surface area (Å²) in [6.45, 7) is 2.13. The van der Waals surface area contributed by atoms with Crippen molar-refractivity contribution in [2.45, 2.75) is 31.8 Å². The highest BCUT2D eigenvalue weighted by Gasteiger charge is 2.26.